The van der Waals surface area contributed by atoms with Crippen molar-refractivity contribution >= 4 is 36.1 Å². The van der Waals surface area contributed by atoms with E-state index in [4.69, 9.17) is 0 Å². The van der Waals surface area contributed by atoms with E-state index < -0.39 is 8.07 Å². The van der Waals surface area contributed by atoms with Gasteiger partial charge in [0.2, 0.25) is 0 Å². The summed E-state index contributed by atoms with van der Waals surface area (Å²) in [6.45, 7) is 7.92. The average molecular weight is 567 g/mol. The van der Waals surface area contributed by atoms with Crippen LogP contribution in [-0.4, -0.2) is 59.0 Å². The quantitative estimate of drug-likeness (QED) is 0.326. The number of hydrogen-bond acceptors (Lipinski definition) is 2. The molecule has 0 unspecified atom stereocenters. The summed E-state index contributed by atoms with van der Waals surface area (Å²) in [6.07, 6.45) is 16.0. The molecule has 0 bridgehead atoms. The average Bonchev–Trinajstić information content (AvgIpc) is 2.93. The zero-order chi connectivity index (χ0) is 29.3. The predicted octanol–water partition coefficient (Wildman–Crippen LogP) is 6.63. The van der Waals surface area contributed by atoms with Crippen LogP contribution in [0.1, 0.15) is 72.0 Å². The highest BCUT2D eigenvalue weighted by molar-refractivity contribution is 6.98. The molecule has 2 aromatic rings. The van der Waals surface area contributed by atoms with Crippen molar-refractivity contribution in [1.82, 2.24) is 5.32 Å². The zero-order valence-electron chi connectivity index (χ0n) is 26.2. The van der Waals surface area contributed by atoms with Crippen LogP contribution in [0.3, 0.4) is 0 Å². The Labute approximate surface area is 248 Å². The van der Waals surface area contributed by atoms with Crippen LogP contribution >= 0.6 is 0 Å². The molecule has 2 aromatic carbocycles. The second-order valence-corrected chi connectivity index (χ2v) is 17.5. The van der Waals surface area contributed by atoms with Crippen LogP contribution in [0.4, 0.5) is 5.69 Å². The van der Waals surface area contributed by atoms with E-state index in [1.165, 1.54) is 89.0 Å². The lowest BCUT2D eigenvalue weighted by Crippen LogP contribution is -2.49. The van der Waals surface area contributed by atoms with E-state index in [1.807, 2.05) is 6.07 Å². The fourth-order valence-electron chi connectivity index (χ4n) is 6.79. The lowest BCUT2D eigenvalue weighted by atomic mass is 9.86. The lowest BCUT2D eigenvalue weighted by Gasteiger charge is -2.38. The van der Waals surface area contributed by atoms with Gasteiger partial charge < -0.3 is 10.2 Å². The molecular weight excluding hydrogens is 519 g/mol. The van der Waals surface area contributed by atoms with Gasteiger partial charge in [-0.1, -0.05) is 57.3 Å². The summed E-state index contributed by atoms with van der Waals surface area (Å²) in [6, 6.07) is 13.2. The van der Waals surface area contributed by atoms with E-state index >= 15 is 0 Å². The predicted molar refractivity (Wildman–Crippen MR) is 178 cm³/mol. The summed E-state index contributed by atoms with van der Waals surface area (Å²) < 4.78 is 2.20. The topological polar surface area (TPSA) is 35.4 Å². The monoisotopic (exact) mass is 566 g/mol. The van der Waals surface area contributed by atoms with Gasteiger partial charge in [-0.05, 0) is 94.2 Å². The van der Waals surface area contributed by atoms with Crippen LogP contribution in [0.5, 0.6) is 0 Å². The minimum atomic E-state index is -2.01. The van der Waals surface area contributed by atoms with E-state index in [-0.39, 0.29) is 5.91 Å². The van der Waals surface area contributed by atoms with Crippen molar-refractivity contribution in [2.45, 2.75) is 65.0 Å². The maximum absolute atomic E-state index is 13.5. The normalized spacial score (nSPS) is 18.6. The van der Waals surface area contributed by atoms with Gasteiger partial charge in [-0.2, -0.15) is 0 Å². The van der Waals surface area contributed by atoms with Crippen LogP contribution in [0.25, 0.3) is 5.57 Å². The molecule has 1 amide bonds. The molecule has 3 aliphatic rings. The maximum atomic E-state index is 13.5. The number of fused-ring (bicyclic) bond motifs is 2. The minimum Gasteiger partial charge on any atom is -0.378 e. The number of nitrogens with one attached hydrogen (secondary N) is 1. The molecule has 1 heterocycles. The van der Waals surface area contributed by atoms with Crippen molar-refractivity contribution in [3.8, 4) is 0 Å². The third-order valence-corrected chi connectivity index (χ3v) is 13.0. The molecule has 0 spiro atoms. The fraction of sp³-hybridized carbons (Fsp3) is 0.444. The smallest absolute Gasteiger partial charge is 0.251 e. The van der Waals surface area contributed by atoms with Gasteiger partial charge in [0.25, 0.3) is 5.91 Å². The summed E-state index contributed by atoms with van der Waals surface area (Å²) in [7, 11) is 6.46. The highest BCUT2D eigenvalue weighted by Gasteiger charge is 2.40. The Bertz CT molecular complexity index is 1460. The van der Waals surface area contributed by atoms with Gasteiger partial charge in [-0.25, -0.2) is 4.58 Å². The zero-order valence-corrected chi connectivity index (χ0v) is 27.2. The largest absolute Gasteiger partial charge is 0.378 e. The second kappa shape index (κ2) is 12.0. The van der Waals surface area contributed by atoms with Gasteiger partial charge in [0, 0.05) is 44.0 Å². The molecule has 0 saturated heterocycles. The Morgan fingerprint density at radius 1 is 0.951 bits per heavy atom. The van der Waals surface area contributed by atoms with Crippen molar-refractivity contribution in [2.24, 2.45) is 5.92 Å². The van der Waals surface area contributed by atoms with Gasteiger partial charge >= 0.3 is 0 Å². The standard InChI is InChI=1S/C36H47N3OSi/c1-25-15-16-27(36(40)37-24-26-13-11-9-8-10-12-14-26)21-32(25)35-30-19-17-28(38(2)3)22-33(30)41(6,7)34-23-29(39(4)5)18-20-31(34)35/h15-23,26H,8-14,24H2,1-7H3/p+1. The van der Waals surface area contributed by atoms with E-state index in [2.05, 4.69) is 112 Å². The fourth-order valence-corrected chi connectivity index (χ4v) is 9.86. The van der Waals surface area contributed by atoms with Gasteiger partial charge in [-0.15, -0.1) is 0 Å². The summed E-state index contributed by atoms with van der Waals surface area (Å²) >= 11 is 0. The van der Waals surface area contributed by atoms with Crippen molar-refractivity contribution in [2.75, 3.05) is 39.6 Å². The number of anilines is 1. The molecule has 2 aliphatic carbocycles. The molecule has 1 N–H and O–H groups in total. The van der Waals surface area contributed by atoms with Crippen LogP contribution in [0, 0.1) is 12.8 Å². The maximum Gasteiger partial charge on any atom is 0.251 e. The molecule has 1 fully saturated rings. The number of carbonyl (C=O) groups is 1. The van der Waals surface area contributed by atoms with E-state index in [0.717, 1.165) is 17.7 Å². The minimum absolute atomic E-state index is 0.0470. The number of aryl methyl sites for hydroxylation is 1. The number of carbonyl (C=O) groups excluding carboxylic acids is 1. The molecule has 5 rings (SSSR count). The summed E-state index contributed by atoms with van der Waals surface area (Å²) in [4.78, 5) is 15.7. The first kappa shape index (κ1) is 29.3. The Morgan fingerprint density at radius 3 is 2.34 bits per heavy atom. The van der Waals surface area contributed by atoms with Crippen molar-refractivity contribution < 1.29 is 9.37 Å². The number of hydrogen-bond donors (Lipinski definition) is 1. The van der Waals surface area contributed by atoms with Crippen LogP contribution in [0.15, 0.2) is 65.4 Å². The van der Waals surface area contributed by atoms with Gasteiger partial charge in [0.15, 0.2) is 5.71 Å². The van der Waals surface area contributed by atoms with Gasteiger partial charge in [0.1, 0.15) is 22.2 Å². The Balaban J connectivity index is 1.58. The summed E-state index contributed by atoms with van der Waals surface area (Å²) in [5.74, 6) is 0.644. The Hall–Kier alpha value is -3.18. The first-order valence-corrected chi connectivity index (χ1v) is 18.5. The third kappa shape index (κ3) is 5.92. The molecule has 1 aliphatic heterocycles. The highest BCUT2D eigenvalue weighted by atomic mass is 28.3. The van der Waals surface area contributed by atoms with Crippen molar-refractivity contribution in [1.29, 1.82) is 0 Å². The van der Waals surface area contributed by atoms with Crippen molar-refractivity contribution in [3.63, 3.8) is 0 Å². The van der Waals surface area contributed by atoms with E-state index in [1.54, 1.807) is 0 Å². The first-order chi connectivity index (χ1) is 19.6. The molecule has 0 atom stereocenters. The van der Waals surface area contributed by atoms with Crippen LogP contribution in [-0.2, 0) is 0 Å². The lowest BCUT2D eigenvalue weighted by molar-refractivity contribution is -0.462. The Kier molecular flexibility index (Phi) is 8.56. The molecule has 4 nitrogen and oxygen atoms in total. The number of rotatable bonds is 5. The third-order valence-electron chi connectivity index (χ3n) is 9.47. The van der Waals surface area contributed by atoms with Gasteiger partial charge in [-0.3, -0.25) is 4.79 Å². The number of benzene rings is 2. The summed E-state index contributed by atoms with van der Waals surface area (Å²) in [5, 5.41) is 6.22. The molecule has 5 heteroatoms. The molecule has 0 aromatic heterocycles. The Morgan fingerprint density at radius 2 is 1.66 bits per heavy atom. The molecule has 0 radical (unpaired) electrons. The number of nitrogens with zero attached hydrogens (tertiary/aromatic N) is 2. The van der Waals surface area contributed by atoms with E-state index in [0.29, 0.717) is 5.92 Å². The molecule has 41 heavy (non-hydrogen) atoms. The molecule has 1 saturated carbocycles. The second-order valence-electron chi connectivity index (χ2n) is 13.2. The van der Waals surface area contributed by atoms with Crippen LogP contribution < -0.4 is 15.4 Å². The number of amides is 1. The van der Waals surface area contributed by atoms with Crippen LogP contribution in [0.2, 0.25) is 13.1 Å². The molecular formula is C36H48N3OSi+. The van der Waals surface area contributed by atoms with Gasteiger partial charge in [0.05, 0.1) is 0 Å². The molecule has 216 valence electrons. The SMILES string of the molecule is Cc1ccc(C(=O)NCC2CCCCCCC2)cc1C1=C2C=CC(=[N+](C)C)C=C2[Si](C)(C)c2cc(N(C)C)ccc21. The summed E-state index contributed by atoms with van der Waals surface area (Å²) in [5.41, 5.74) is 9.45. The van der Waals surface area contributed by atoms with E-state index in [9.17, 15) is 4.79 Å². The first-order valence-electron chi connectivity index (χ1n) is 15.5. The van der Waals surface area contributed by atoms with Crippen molar-refractivity contribution in [3.05, 3.63) is 87.6 Å². The number of allylic oxidation sites excluding steroid dienone is 5. The highest BCUT2D eigenvalue weighted by Crippen LogP contribution is 2.42.